The molecule has 2 nitrogen and oxygen atoms in total. The Hall–Kier alpha value is -0.890. The third kappa shape index (κ3) is 3.31. The fraction of sp³-hybridized carbons (Fsp3) is 0.615. The zero-order valence-electron chi connectivity index (χ0n) is 9.61. The SMILES string of the molecule is CC(C)NC(Cc1ccccn1)C1CC1. The second-order valence-corrected chi connectivity index (χ2v) is 4.79. The highest BCUT2D eigenvalue weighted by molar-refractivity contribution is 5.07. The van der Waals surface area contributed by atoms with E-state index in [1.165, 1.54) is 18.5 Å². The Kier molecular flexibility index (Phi) is 3.37. The van der Waals surface area contributed by atoms with Crippen LogP contribution in [0.3, 0.4) is 0 Å². The van der Waals surface area contributed by atoms with Gasteiger partial charge in [-0.15, -0.1) is 0 Å². The zero-order valence-corrected chi connectivity index (χ0v) is 9.61. The lowest BCUT2D eigenvalue weighted by atomic mass is 10.1. The number of hydrogen-bond donors (Lipinski definition) is 1. The number of nitrogens with zero attached hydrogens (tertiary/aromatic N) is 1. The van der Waals surface area contributed by atoms with E-state index >= 15 is 0 Å². The lowest BCUT2D eigenvalue weighted by Gasteiger charge is -2.20. The molecule has 1 aliphatic carbocycles. The molecule has 2 heteroatoms. The van der Waals surface area contributed by atoms with Gasteiger partial charge in [0, 0.05) is 30.4 Å². The first-order valence-corrected chi connectivity index (χ1v) is 5.91. The van der Waals surface area contributed by atoms with Crippen molar-refractivity contribution in [3.8, 4) is 0 Å². The zero-order chi connectivity index (χ0) is 10.7. The van der Waals surface area contributed by atoms with Crippen LogP contribution in [0.15, 0.2) is 24.4 Å². The Balaban J connectivity index is 1.94. The normalized spacial score (nSPS) is 18.1. The van der Waals surface area contributed by atoms with Gasteiger partial charge in [0.15, 0.2) is 0 Å². The molecule has 1 aromatic rings. The summed E-state index contributed by atoms with van der Waals surface area (Å²) in [5.41, 5.74) is 1.21. The first-order chi connectivity index (χ1) is 7.25. The van der Waals surface area contributed by atoms with Gasteiger partial charge in [-0.1, -0.05) is 19.9 Å². The largest absolute Gasteiger partial charge is 0.311 e. The second kappa shape index (κ2) is 4.75. The van der Waals surface area contributed by atoms with Crippen molar-refractivity contribution in [2.24, 2.45) is 5.92 Å². The van der Waals surface area contributed by atoms with Crippen molar-refractivity contribution in [2.75, 3.05) is 0 Å². The highest BCUT2D eigenvalue weighted by atomic mass is 15.0. The van der Waals surface area contributed by atoms with Crippen molar-refractivity contribution < 1.29 is 0 Å². The lowest BCUT2D eigenvalue weighted by molar-refractivity contribution is 0.417. The molecule has 1 saturated carbocycles. The third-order valence-electron chi connectivity index (χ3n) is 2.89. The van der Waals surface area contributed by atoms with Crippen molar-refractivity contribution in [3.05, 3.63) is 30.1 Å². The maximum atomic E-state index is 4.40. The summed E-state index contributed by atoms with van der Waals surface area (Å²) in [6.45, 7) is 4.43. The third-order valence-corrected chi connectivity index (χ3v) is 2.89. The van der Waals surface area contributed by atoms with Gasteiger partial charge in [0.05, 0.1) is 0 Å². The van der Waals surface area contributed by atoms with E-state index in [1.54, 1.807) is 0 Å². The Morgan fingerprint density at radius 1 is 1.40 bits per heavy atom. The van der Waals surface area contributed by atoms with Crippen molar-refractivity contribution in [1.82, 2.24) is 10.3 Å². The minimum absolute atomic E-state index is 0.569. The van der Waals surface area contributed by atoms with E-state index < -0.39 is 0 Å². The summed E-state index contributed by atoms with van der Waals surface area (Å²) in [5, 5.41) is 3.65. The molecule has 1 unspecified atom stereocenters. The highest BCUT2D eigenvalue weighted by Crippen LogP contribution is 2.34. The van der Waals surface area contributed by atoms with E-state index in [9.17, 15) is 0 Å². The number of aromatic nitrogens is 1. The summed E-state index contributed by atoms with van der Waals surface area (Å²) in [7, 11) is 0. The summed E-state index contributed by atoms with van der Waals surface area (Å²) in [6.07, 6.45) is 5.73. The first-order valence-electron chi connectivity index (χ1n) is 5.91. The van der Waals surface area contributed by atoms with Crippen LogP contribution in [-0.2, 0) is 6.42 Å². The molecule has 15 heavy (non-hydrogen) atoms. The molecule has 1 atom stereocenters. The van der Waals surface area contributed by atoms with E-state index in [0.29, 0.717) is 12.1 Å². The lowest BCUT2D eigenvalue weighted by Crippen LogP contribution is -2.38. The molecule has 2 rings (SSSR count). The van der Waals surface area contributed by atoms with Gasteiger partial charge in [0.2, 0.25) is 0 Å². The Morgan fingerprint density at radius 3 is 2.73 bits per heavy atom. The quantitative estimate of drug-likeness (QED) is 0.796. The molecule has 1 fully saturated rings. The molecule has 1 N–H and O–H groups in total. The van der Waals surface area contributed by atoms with Crippen molar-refractivity contribution in [1.29, 1.82) is 0 Å². The van der Waals surface area contributed by atoms with Crippen LogP contribution >= 0.6 is 0 Å². The van der Waals surface area contributed by atoms with E-state index in [2.05, 4.69) is 36.3 Å². The predicted molar refractivity (Wildman–Crippen MR) is 62.7 cm³/mol. The Labute approximate surface area is 92.1 Å². The summed E-state index contributed by atoms with van der Waals surface area (Å²) in [6, 6.07) is 7.36. The van der Waals surface area contributed by atoms with Crippen molar-refractivity contribution in [3.63, 3.8) is 0 Å². The number of pyridine rings is 1. The highest BCUT2D eigenvalue weighted by Gasteiger charge is 2.31. The van der Waals surface area contributed by atoms with Crippen LogP contribution in [0.4, 0.5) is 0 Å². The van der Waals surface area contributed by atoms with E-state index in [0.717, 1.165) is 12.3 Å². The van der Waals surface area contributed by atoms with Crippen LogP contribution in [0.25, 0.3) is 0 Å². The average molecular weight is 204 g/mol. The number of rotatable bonds is 5. The minimum Gasteiger partial charge on any atom is -0.311 e. The first kappa shape index (κ1) is 10.6. The number of hydrogen-bond acceptors (Lipinski definition) is 2. The summed E-state index contributed by atoms with van der Waals surface area (Å²) < 4.78 is 0. The summed E-state index contributed by atoms with van der Waals surface area (Å²) in [5.74, 6) is 0.884. The average Bonchev–Trinajstić information content (AvgIpc) is 3.01. The van der Waals surface area contributed by atoms with E-state index in [4.69, 9.17) is 0 Å². The predicted octanol–water partition coefficient (Wildman–Crippen LogP) is 2.40. The standard InChI is InChI=1S/C13H20N2/c1-10(2)15-13(11-6-7-11)9-12-5-3-4-8-14-12/h3-5,8,10-11,13,15H,6-7,9H2,1-2H3. The van der Waals surface area contributed by atoms with Gasteiger partial charge in [-0.05, 0) is 30.9 Å². The maximum Gasteiger partial charge on any atom is 0.0419 e. The van der Waals surface area contributed by atoms with Crippen LogP contribution in [0.5, 0.6) is 0 Å². The molecule has 0 aromatic carbocycles. The van der Waals surface area contributed by atoms with E-state index in [-0.39, 0.29) is 0 Å². The Bertz CT molecular complexity index is 291. The minimum atomic E-state index is 0.569. The van der Waals surface area contributed by atoms with Crippen molar-refractivity contribution in [2.45, 2.75) is 45.2 Å². The molecule has 0 aliphatic heterocycles. The number of nitrogens with one attached hydrogen (secondary N) is 1. The van der Waals surface area contributed by atoms with Crippen LogP contribution < -0.4 is 5.32 Å². The van der Waals surface area contributed by atoms with Gasteiger partial charge in [-0.25, -0.2) is 0 Å². The molecule has 1 heterocycles. The van der Waals surface area contributed by atoms with Gasteiger partial charge < -0.3 is 5.32 Å². The smallest absolute Gasteiger partial charge is 0.0419 e. The van der Waals surface area contributed by atoms with Gasteiger partial charge in [-0.2, -0.15) is 0 Å². The van der Waals surface area contributed by atoms with E-state index in [1.807, 2.05) is 12.3 Å². The topological polar surface area (TPSA) is 24.9 Å². The monoisotopic (exact) mass is 204 g/mol. The summed E-state index contributed by atoms with van der Waals surface area (Å²) in [4.78, 5) is 4.40. The second-order valence-electron chi connectivity index (χ2n) is 4.79. The van der Waals surface area contributed by atoms with Crippen molar-refractivity contribution >= 4 is 0 Å². The molecule has 1 aromatic heterocycles. The molecule has 0 amide bonds. The molecular weight excluding hydrogens is 184 g/mol. The van der Waals surface area contributed by atoms with Crippen LogP contribution in [0.2, 0.25) is 0 Å². The van der Waals surface area contributed by atoms with Gasteiger partial charge in [0.1, 0.15) is 0 Å². The molecule has 1 aliphatic rings. The van der Waals surface area contributed by atoms with Gasteiger partial charge in [-0.3, -0.25) is 4.98 Å². The molecule has 0 bridgehead atoms. The van der Waals surface area contributed by atoms with Crippen LogP contribution in [0, 0.1) is 5.92 Å². The fourth-order valence-electron chi connectivity index (χ4n) is 2.03. The van der Waals surface area contributed by atoms with Crippen LogP contribution in [0.1, 0.15) is 32.4 Å². The summed E-state index contributed by atoms with van der Waals surface area (Å²) >= 11 is 0. The Morgan fingerprint density at radius 2 is 2.20 bits per heavy atom. The maximum absolute atomic E-state index is 4.40. The fourth-order valence-corrected chi connectivity index (χ4v) is 2.03. The molecule has 0 radical (unpaired) electrons. The van der Waals surface area contributed by atoms with Crippen LogP contribution in [-0.4, -0.2) is 17.1 Å². The molecular formula is C13H20N2. The molecule has 0 saturated heterocycles. The molecule has 82 valence electrons. The van der Waals surface area contributed by atoms with Gasteiger partial charge in [0.25, 0.3) is 0 Å². The molecule has 0 spiro atoms. The van der Waals surface area contributed by atoms with Gasteiger partial charge >= 0.3 is 0 Å².